The number of methoxy groups -OCH3 is 1. The van der Waals surface area contributed by atoms with Crippen molar-refractivity contribution in [3.63, 3.8) is 0 Å². The van der Waals surface area contributed by atoms with Gasteiger partial charge in [0.25, 0.3) is 5.91 Å². The average Bonchev–Trinajstić information content (AvgIpc) is 3.32. The van der Waals surface area contributed by atoms with Gasteiger partial charge in [-0.3, -0.25) is 4.79 Å². The van der Waals surface area contributed by atoms with E-state index >= 15 is 0 Å². The van der Waals surface area contributed by atoms with Crippen molar-refractivity contribution in [1.29, 1.82) is 0 Å². The normalized spacial score (nSPS) is 15.6. The number of nitrogens with zero attached hydrogens (tertiary/aromatic N) is 2. The number of ether oxygens (including phenoxy) is 3. The molecule has 7 heteroatoms. The van der Waals surface area contributed by atoms with E-state index in [1.165, 1.54) is 6.33 Å². The van der Waals surface area contributed by atoms with Gasteiger partial charge in [-0.15, -0.1) is 0 Å². The first kappa shape index (κ1) is 19.8. The molecule has 154 valence electrons. The number of amides is 1. The van der Waals surface area contributed by atoms with Crippen molar-refractivity contribution in [2.24, 2.45) is 0 Å². The lowest BCUT2D eigenvalue weighted by atomic mass is 10.1. The number of para-hydroxylation sites is 2. The summed E-state index contributed by atoms with van der Waals surface area (Å²) < 4.78 is 16.7. The largest absolute Gasteiger partial charge is 0.493 e. The number of rotatable bonds is 7. The molecule has 1 aromatic heterocycles. The van der Waals surface area contributed by atoms with Crippen molar-refractivity contribution < 1.29 is 19.0 Å². The Bertz CT molecular complexity index is 1000. The van der Waals surface area contributed by atoms with Crippen LogP contribution in [0.4, 0.5) is 0 Å². The van der Waals surface area contributed by atoms with Gasteiger partial charge in [-0.25, -0.2) is 9.97 Å². The maximum absolute atomic E-state index is 12.3. The molecule has 1 atom stereocenters. The zero-order chi connectivity index (χ0) is 20.8. The van der Waals surface area contributed by atoms with E-state index in [0.29, 0.717) is 35.2 Å². The summed E-state index contributed by atoms with van der Waals surface area (Å²) in [7, 11) is 1.59. The Kier molecular flexibility index (Phi) is 6.20. The van der Waals surface area contributed by atoms with Crippen molar-refractivity contribution in [3.8, 4) is 28.6 Å². The first-order valence-electron chi connectivity index (χ1n) is 9.86. The maximum Gasteiger partial charge on any atom is 0.251 e. The number of carbonyl (C=O) groups is 1. The third-order valence-corrected chi connectivity index (χ3v) is 4.88. The second-order valence-corrected chi connectivity index (χ2v) is 6.92. The van der Waals surface area contributed by atoms with Crippen LogP contribution in [0, 0.1) is 0 Å². The van der Waals surface area contributed by atoms with Gasteiger partial charge in [0.1, 0.15) is 6.33 Å². The molecule has 7 nitrogen and oxygen atoms in total. The molecule has 0 spiro atoms. The number of hydrogen-bond donors (Lipinski definition) is 1. The Morgan fingerprint density at radius 1 is 1.13 bits per heavy atom. The van der Waals surface area contributed by atoms with Crippen LogP contribution in [0.2, 0.25) is 0 Å². The number of aromatic nitrogens is 2. The minimum atomic E-state index is -0.111. The summed E-state index contributed by atoms with van der Waals surface area (Å²) >= 11 is 0. The average molecular weight is 405 g/mol. The molecule has 0 saturated carbocycles. The van der Waals surface area contributed by atoms with E-state index < -0.39 is 0 Å². The molecule has 1 fully saturated rings. The zero-order valence-electron chi connectivity index (χ0n) is 16.7. The number of benzene rings is 2. The standard InChI is InChI=1S/C23H23N3O4/c1-28-20-6-2-3-7-21(20)30-22-13-19(25-15-26-22)16-8-10-17(11-9-16)23(27)24-14-18-5-4-12-29-18/h2-3,6-11,13,15,18H,4-5,12,14H2,1H3,(H,24,27)/t18-/m0/s1. The highest BCUT2D eigenvalue weighted by Crippen LogP contribution is 2.31. The lowest BCUT2D eigenvalue weighted by Gasteiger charge is -2.11. The fourth-order valence-electron chi connectivity index (χ4n) is 3.28. The van der Waals surface area contributed by atoms with Gasteiger partial charge >= 0.3 is 0 Å². The molecule has 4 rings (SSSR count). The monoisotopic (exact) mass is 405 g/mol. The molecule has 2 aromatic carbocycles. The van der Waals surface area contributed by atoms with Crippen LogP contribution in [0.1, 0.15) is 23.2 Å². The smallest absolute Gasteiger partial charge is 0.251 e. The predicted octanol–water partition coefficient (Wildman–Crippen LogP) is 3.85. The summed E-state index contributed by atoms with van der Waals surface area (Å²) in [6, 6.07) is 16.4. The van der Waals surface area contributed by atoms with Gasteiger partial charge in [0, 0.05) is 30.3 Å². The van der Waals surface area contributed by atoms with E-state index in [1.54, 1.807) is 25.3 Å². The summed E-state index contributed by atoms with van der Waals surface area (Å²) in [5.74, 6) is 1.49. The van der Waals surface area contributed by atoms with E-state index in [-0.39, 0.29) is 12.0 Å². The first-order valence-corrected chi connectivity index (χ1v) is 9.86. The summed E-state index contributed by atoms with van der Waals surface area (Å²) in [6.07, 6.45) is 3.61. The Morgan fingerprint density at radius 2 is 1.93 bits per heavy atom. The minimum Gasteiger partial charge on any atom is -0.493 e. The maximum atomic E-state index is 12.3. The molecule has 0 unspecified atom stereocenters. The third-order valence-electron chi connectivity index (χ3n) is 4.88. The highest BCUT2D eigenvalue weighted by molar-refractivity contribution is 5.94. The Balaban J connectivity index is 1.43. The molecule has 0 bridgehead atoms. The quantitative estimate of drug-likeness (QED) is 0.643. The van der Waals surface area contributed by atoms with Crippen LogP contribution < -0.4 is 14.8 Å². The van der Waals surface area contributed by atoms with Crippen LogP contribution in [-0.2, 0) is 4.74 Å². The fraction of sp³-hybridized carbons (Fsp3) is 0.261. The van der Waals surface area contributed by atoms with E-state index in [9.17, 15) is 4.79 Å². The third kappa shape index (κ3) is 4.75. The molecule has 3 aromatic rings. The Morgan fingerprint density at radius 3 is 2.67 bits per heavy atom. The number of carbonyl (C=O) groups excluding carboxylic acids is 1. The molecule has 1 saturated heterocycles. The second kappa shape index (κ2) is 9.37. The van der Waals surface area contributed by atoms with Crippen LogP contribution in [0.25, 0.3) is 11.3 Å². The van der Waals surface area contributed by atoms with E-state index in [2.05, 4.69) is 15.3 Å². The topological polar surface area (TPSA) is 82.6 Å². The van der Waals surface area contributed by atoms with Crippen molar-refractivity contribution in [1.82, 2.24) is 15.3 Å². The molecule has 1 aliphatic rings. The van der Waals surface area contributed by atoms with Crippen LogP contribution in [0.3, 0.4) is 0 Å². The highest BCUT2D eigenvalue weighted by atomic mass is 16.5. The van der Waals surface area contributed by atoms with Gasteiger partial charge in [-0.1, -0.05) is 24.3 Å². The second-order valence-electron chi connectivity index (χ2n) is 6.92. The van der Waals surface area contributed by atoms with Crippen LogP contribution in [0.15, 0.2) is 60.9 Å². The van der Waals surface area contributed by atoms with E-state index in [0.717, 1.165) is 25.0 Å². The highest BCUT2D eigenvalue weighted by Gasteiger charge is 2.16. The molecule has 1 amide bonds. The Labute approximate surface area is 175 Å². The molecular weight excluding hydrogens is 382 g/mol. The van der Waals surface area contributed by atoms with Gasteiger partial charge in [-0.2, -0.15) is 0 Å². The fourth-order valence-corrected chi connectivity index (χ4v) is 3.28. The SMILES string of the molecule is COc1ccccc1Oc1cc(-c2ccc(C(=O)NC[C@@H]3CCCO3)cc2)ncn1. The summed E-state index contributed by atoms with van der Waals surface area (Å²) in [5.41, 5.74) is 2.15. The molecular formula is C23H23N3O4. The number of nitrogens with one attached hydrogen (secondary N) is 1. The van der Waals surface area contributed by atoms with Gasteiger partial charge < -0.3 is 19.5 Å². The van der Waals surface area contributed by atoms with Crippen LogP contribution in [-0.4, -0.2) is 42.2 Å². The van der Waals surface area contributed by atoms with Gasteiger partial charge in [0.15, 0.2) is 11.5 Å². The van der Waals surface area contributed by atoms with Crippen LogP contribution in [0.5, 0.6) is 17.4 Å². The van der Waals surface area contributed by atoms with E-state index in [4.69, 9.17) is 14.2 Å². The van der Waals surface area contributed by atoms with E-state index in [1.807, 2.05) is 36.4 Å². The van der Waals surface area contributed by atoms with Crippen molar-refractivity contribution in [3.05, 3.63) is 66.5 Å². The van der Waals surface area contributed by atoms with Crippen LogP contribution >= 0.6 is 0 Å². The summed E-state index contributed by atoms with van der Waals surface area (Å²) in [4.78, 5) is 20.8. The lowest BCUT2D eigenvalue weighted by molar-refractivity contribution is 0.0858. The molecule has 30 heavy (non-hydrogen) atoms. The van der Waals surface area contributed by atoms with Gasteiger partial charge in [0.05, 0.1) is 18.9 Å². The molecule has 1 N–H and O–H groups in total. The Hall–Kier alpha value is -3.45. The summed E-state index contributed by atoms with van der Waals surface area (Å²) in [6.45, 7) is 1.31. The van der Waals surface area contributed by atoms with Crippen molar-refractivity contribution in [2.45, 2.75) is 18.9 Å². The molecule has 0 radical (unpaired) electrons. The first-order chi connectivity index (χ1) is 14.7. The predicted molar refractivity (Wildman–Crippen MR) is 112 cm³/mol. The van der Waals surface area contributed by atoms with Crippen molar-refractivity contribution in [2.75, 3.05) is 20.3 Å². The zero-order valence-corrected chi connectivity index (χ0v) is 16.7. The molecule has 1 aliphatic heterocycles. The van der Waals surface area contributed by atoms with Gasteiger partial charge in [-0.05, 0) is 37.1 Å². The summed E-state index contributed by atoms with van der Waals surface area (Å²) in [5, 5.41) is 2.93. The number of hydrogen-bond acceptors (Lipinski definition) is 6. The molecule has 2 heterocycles. The lowest BCUT2D eigenvalue weighted by Crippen LogP contribution is -2.31. The van der Waals surface area contributed by atoms with Gasteiger partial charge in [0.2, 0.25) is 5.88 Å². The van der Waals surface area contributed by atoms with Crippen molar-refractivity contribution >= 4 is 5.91 Å². The minimum absolute atomic E-state index is 0.111. The molecule has 0 aliphatic carbocycles.